The quantitative estimate of drug-likeness (QED) is 0.348. The lowest BCUT2D eigenvalue weighted by Crippen LogP contribution is -1.83. The molecule has 0 heterocycles. The Bertz CT molecular complexity index is 143. The van der Waals surface area contributed by atoms with Crippen molar-refractivity contribution >= 4 is 17.3 Å². The Kier molecular flexibility index (Phi) is 5.40. The van der Waals surface area contributed by atoms with Crippen LogP contribution in [-0.4, -0.2) is 18.3 Å². The van der Waals surface area contributed by atoms with E-state index in [2.05, 4.69) is 25.8 Å². The van der Waals surface area contributed by atoms with Gasteiger partial charge in [0.05, 0.1) is 5.55 Å². The van der Waals surface area contributed by atoms with Gasteiger partial charge in [-0.2, -0.15) is 0 Å². The molecule has 0 rings (SSSR count). The van der Waals surface area contributed by atoms with Crippen LogP contribution in [0.3, 0.4) is 0 Å². The summed E-state index contributed by atoms with van der Waals surface area (Å²) in [6.07, 6.45) is 0. The van der Waals surface area contributed by atoms with E-state index in [0.29, 0.717) is 0 Å². The minimum Gasteiger partial charge on any atom is -0.290 e. The molecule has 0 bridgehead atoms. The van der Waals surface area contributed by atoms with Crippen molar-refractivity contribution in [3.8, 4) is 0 Å². The Balaban J connectivity index is 3.60. The molecular weight excluding hydrogens is 142 g/mol. The second kappa shape index (κ2) is 5.54. The second-order valence-corrected chi connectivity index (χ2v) is 3.29. The maximum Gasteiger partial charge on any atom is 0.0540 e. The molecule has 0 aliphatic rings. The molecule has 0 spiro atoms. The second-order valence-electron chi connectivity index (χ2n) is 2.45. The lowest BCUT2D eigenvalue weighted by atomic mass is 10.2. The molecule has 2 heteroatoms. The Morgan fingerprint density at radius 2 is 2.00 bits per heavy atom. The summed E-state index contributed by atoms with van der Waals surface area (Å²) in [4.78, 5) is 3.88. The van der Waals surface area contributed by atoms with Gasteiger partial charge >= 0.3 is 0 Å². The molecule has 0 aromatic rings. The zero-order chi connectivity index (χ0) is 7.98. The van der Waals surface area contributed by atoms with Crippen LogP contribution < -0.4 is 0 Å². The number of rotatable bonds is 3. The van der Waals surface area contributed by atoms with Gasteiger partial charge < -0.3 is 0 Å². The number of hydrogen-bond acceptors (Lipinski definition) is 2. The van der Waals surface area contributed by atoms with Crippen LogP contribution in [0.4, 0.5) is 0 Å². The average Bonchev–Trinajstić information content (AvgIpc) is 1.88. The third-order valence-corrected chi connectivity index (χ3v) is 2.29. The summed E-state index contributed by atoms with van der Waals surface area (Å²) >= 11 is 1.74. The van der Waals surface area contributed by atoms with E-state index in [4.69, 9.17) is 0 Å². The van der Waals surface area contributed by atoms with Gasteiger partial charge in [-0.05, 0) is 20.8 Å². The molecule has 0 amide bonds. The van der Waals surface area contributed by atoms with Gasteiger partial charge in [-0.15, -0.1) is 11.8 Å². The first-order chi connectivity index (χ1) is 4.68. The first kappa shape index (κ1) is 9.76. The van der Waals surface area contributed by atoms with Gasteiger partial charge in [0.2, 0.25) is 0 Å². The van der Waals surface area contributed by atoms with Crippen molar-refractivity contribution in [3.63, 3.8) is 0 Å². The van der Waals surface area contributed by atoms with Gasteiger partial charge in [-0.3, -0.25) is 4.99 Å². The van der Waals surface area contributed by atoms with Gasteiger partial charge in [-0.1, -0.05) is 11.1 Å². The first-order valence-electron chi connectivity index (χ1n) is 3.33. The fourth-order valence-electron chi connectivity index (χ4n) is 0.381. The van der Waals surface area contributed by atoms with Crippen molar-refractivity contribution in [2.45, 2.75) is 20.8 Å². The van der Waals surface area contributed by atoms with Crippen LogP contribution in [0.2, 0.25) is 0 Å². The van der Waals surface area contributed by atoms with Crippen molar-refractivity contribution in [2.75, 3.05) is 12.8 Å². The third kappa shape index (κ3) is 4.62. The van der Waals surface area contributed by atoms with Crippen LogP contribution in [0.5, 0.6) is 0 Å². The van der Waals surface area contributed by atoms with Gasteiger partial charge in [0, 0.05) is 12.8 Å². The van der Waals surface area contributed by atoms with E-state index in [-0.39, 0.29) is 0 Å². The molecule has 0 saturated heterocycles. The molecule has 0 radical (unpaired) electrons. The number of nitrogens with zero attached hydrogens (tertiary/aromatic N) is 1. The maximum atomic E-state index is 3.88. The molecule has 0 saturated carbocycles. The number of thioether (sulfide) groups is 1. The molecule has 0 unspecified atom stereocenters. The topological polar surface area (TPSA) is 12.4 Å². The summed E-state index contributed by atoms with van der Waals surface area (Å²) in [5.74, 6) is 1.07. The van der Waals surface area contributed by atoms with Crippen molar-refractivity contribution in [2.24, 2.45) is 4.99 Å². The molecule has 0 aromatic heterocycles. The highest BCUT2D eigenvalue weighted by Crippen LogP contribution is 2.08. The Hall–Kier alpha value is -0.240. The number of allylic oxidation sites excluding steroid dienone is 1. The van der Waals surface area contributed by atoms with E-state index >= 15 is 0 Å². The van der Waals surface area contributed by atoms with Crippen LogP contribution >= 0.6 is 11.8 Å². The zero-order valence-electron chi connectivity index (χ0n) is 7.14. The van der Waals surface area contributed by atoms with Crippen LogP contribution in [0.25, 0.3) is 0 Å². The molecule has 0 atom stereocenters. The number of hydrogen-bond donors (Lipinski definition) is 0. The molecule has 0 aliphatic heterocycles. The summed E-state index contributed by atoms with van der Waals surface area (Å²) < 4.78 is 0. The maximum absolute atomic E-state index is 3.88. The minimum absolute atomic E-state index is 1.07. The largest absolute Gasteiger partial charge is 0.290 e. The van der Waals surface area contributed by atoms with Gasteiger partial charge in [0.15, 0.2) is 0 Å². The fraction of sp³-hybridized carbons (Fsp3) is 0.625. The van der Waals surface area contributed by atoms with Crippen LogP contribution in [-0.2, 0) is 0 Å². The van der Waals surface area contributed by atoms with Crippen molar-refractivity contribution < 1.29 is 0 Å². The smallest absolute Gasteiger partial charge is 0.0540 e. The molecule has 58 valence electrons. The van der Waals surface area contributed by atoms with Crippen LogP contribution in [0.15, 0.2) is 16.1 Å². The predicted octanol–water partition coefficient (Wildman–Crippen LogP) is 2.73. The highest BCUT2D eigenvalue weighted by Gasteiger charge is 1.89. The predicted molar refractivity (Wildman–Crippen MR) is 50.9 cm³/mol. The van der Waals surface area contributed by atoms with E-state index in [1.165, 1.54) is 11.1 Å². The van der Waals surface area contributed by atoms with Crippen LogP contribution in [0, 0.1) is 0 Å². The van der Waals surface area contributed by atoms with Crippen molar-refractivity contribution in [1.29, 1.82) is 0 Å². The Morgan fingerprint density at radius 1 is 1.40 bits per heavy atom. The lowest BCUT2D eigenvalue weighted by Gasteiger charge is -1.98. The molecule has 0 aliphatic carbocycles. The summed E-state index contributed by atoms with van der Waals surface area (Å²) in [7, 11) is 1.80. The molecular formula is C8H15NS. The monoisotopic (exact) mass is 157 g/mol. The molecule has 0 fully saturated rings. The highest BCUT2D eigenvalue weighted by atomic mass is 32.2. The van der Waals surface area contributed by atoms with E-state index in [9.17, 15) is 0 Å². The van der Waals surface area contributed by atoms with Gasteiger partial charge in [0.1, 0.15) is 0 Å². The molecule has 1 nitrogen and oxygen atoms in total. The van der Waals surface area contributed by atoms with Crippen molar-refractivity contribution in [1.82, 2.24) is 0 Å². The lowest BCUT2D eigenvalue weighted by molar-refractivity contribution is 1.24. The Labute approximate surface area is 67.6 Å². The van der Waals surface area contributed by atoms with Crippen molar-refractivity contribution in [3.05, 3.63) is 11.1 Å². The fourth-order valence-corrected chi connectivity index (χ4v) is 1.14. The molecule has 0 N–H and O–H groups in total. The standard InChI is InChI=1S/C8H15NS/c1-7(2)8(3)5-10-6-9-4/h6H,5H2,1-4H3/b9-6-. The SMILES string of the molecule is C/N=C\SCC(C)=C(C)C. The summed E-state index contributed by atoms with van der Waals surface area (Å²) in [6.45, 7) is 6.43. The van der Waals surface area contributed by atoms with Crippen LogP contribution in [0.1, 0.15) is 20.8 Å². The third-order valence-electron chi connectivity index (χ3n) is 1.33. The van der Waals surface area contributed by atoms with E-state index in [0.717, 1.165) is 5.75 Å². The van der Waals surface area contributed by atoms with E-state index in [1.807, 2.05) is 5.55 Å². The highest BCUT2D eigenvalue weighted by molar-refractivity contribution is 8.12. The minimum atomic E-state index is 1.07. The molecule has 0 aromatic carbocycles. The average molecular weight is 157 g/mol. The zero-order valence-corrected chi connectivity index (χ0v) is 7.96. The summed E-state index contributed by atoms with van der Waals surface area (Å²) in [5, 5.41) is 0. The Morgan fingerprint density at radius 3 is 2.40 bits per heavy atom. The number of aliphatic imine (C=N–C) groups is 1. The van der Waals surface area contributed by atoms with E-state index < -0.39 is 0 Å². The van der Waals surface area contributed by atoms with Gasteiger partial charge in [0.25, 0.3) is 0 Å². The normalized spacial score (nSPS) is 10.4. The summed E-state index contributed by atoms with van der Waals surface area (Å²) in [5.41, 5.74) is 4.74. The van der Waals surface area contributed by atoms with E-state index in [1.54, 1.807) is 18.8 Å². The summed E-state index contributed by atoms with van der Waals surface area (Å²) in [6, 6.07) is 0. The van der Waals surface area contributed by atoms with Gasteiger partial charge in [-0.25, -0.2) is 0 Å². The molecule has 10 heavy (non-hydrogen) atoms. The first-order valence-corrected chi connectivity index (χ1v) is 4.38.